The van der Waals surface area contributed by atoms with Crippen molar-refractivity contribution >= 4 is 23.1 Å². The molecule has 0 fully saturated rings. The van der Waals surface area contributed by atoms with Crippen LogP contribution in [0.2, 0.25) is 0 Å². The molecule has 19 heavy (non-hydrogen) atoms. The Kier molecular flexibility index (Phi) is 4.11. The van der Waals surface area contributed by atoms with Crippen molar-refractivity contribution in [2.24, 2.45) is 0 Å². The number of rotatable bonds is 4. The summed E-state index contributed by atoms with van der Waals surface area (Å²) < 4.78 is 4.59. The number of methoxy groups -OCH3 is 1. The summed E-state index contributed by atoms with van der Waals surface area (Å²) in [6, 6.07) is 6.01. The van der Waals surface area contributed by atoms with Crippen LogP contribution >= 0.6 is 11.3 Å². The molecule has 1 unspecified atom stereocenters. The normalized spacial score (nSPS) is 11.9. The van der Waals surface area contributed by atoms with E-state index < -0.39 is 5.97 Å². The Morgan fingerprint density at radius 2 is 2.21 bits per heavy atom. The minimum absolute atomic E-state index is 0.0575. The van der Waals surface area contributed by atoms with Crippen molar-refractivity contribution in [3.8, 4) is 0 Å². The molecule has 1 atom stereocenters. The van der Waals surface area contributed by atoms with Gasteiger partial charge in [0.2, 0.25) is 5.82 Å². The van der Waals surface area contributed by atoms with Crippen LogP contribution in [-0.4, -0.2) is 23.0 Å². The number of nitrogens with one attached hydrogen (secondary N) is 1. The van der Waals surface area contributed by atoms with Gasteiger partial charge in [-0.1, -0.05) is 0 Å². The molecule has 0 aliphatic carbocycles. The van der Waals surface area contributed by atoms with Crippen molar-refractivity contribution in [1.82, 2.24) is 9.97 Å². The lowest BCUT2D eigenvalue weighted by atomic mass is 10.2. The number of nitrogens with zero attached hydrogens (tertiary/aromatic N) is 2. The van der Waals surface area contributed by atoms with Gasteiger partial charge < -0.3 is 10.1 Å². The van der Waals surface area contributed by atoms with Gasteiger partial charge in [0.1, 0.15) is 5.82 Å². The van der Waals surface area contributed by atoms with Gasteiger partial charge in [-0.2, -0.15) is 0 Å². The fourth-order valence-electron chi connectivity index (χ4n) is 1.61. The molecule has 0 radical (unpaired) electrons. The van der Waals surface area contributed by atoms with Gasteiger partial charge in [0.25, 0.3) is 0 Å². The quantitative estimate of drug-likeness (QED) is 0.871. The van der Waals surface area contributed by atoms with E-state index in [-0.39, 0.29) is 11.9 Å². The van der Waals surface area contributed by atoms with Gasteiger partial charge in [-0.3, -0.25) is 0 Å². The molecule has 0 bridgehead atoms. The predicted octanol–water partition coefficient (Wildman–Crippen LogP) is 2.81. The van der Waals surface area contributed by atoms with E-state index in [9.17, 15) is 4.79 Å². The molecule has 5 nitrogen and oxygen atoms in total. The van der Waals surface area contributed by atoms with Crippen LogP contribution in [0.25, 0.3) is 0 Å². The zero-order valence-corrected chi connectivity index (χ0v) is 11.8. The molecule has 2 heterocycles. The van der Waals surface area contributed by atoms with Crippen molar-refractivity contribution in [3.05, 3.63) is 40.0 Å². The number of anilines is 1. The van der Waals surface area contributed by atoms with Crippen LogP contribution in [0.4, 0.5) is 5.82 Å². The molecule has 0 aliphatic heterocycles. The number of carbonyl (C=O) groups excluding carboxylic acids is 1. The van der Waals surface area contributed by atoms with Crippen LogP contribution in [-0.2, 0) is 4.74 Å². The van der Waals surface area contributed by atoms with Crippen LogP contribution in [0.3, 0.4) is 0 Å². The molecule has 0 amide bonds. The van der Waals surface area contributed by atoms with Gasteiger partial charge in [0.05, 0.1) is 13.2 Å². The lowest BCUT2D eigenvalue weighted by Gasteiger charge is -2.12. The fraction of sp³-hybridized carbons (Fsp3) is 0.308. The van der Waals surface area contributed by atoms with Crippen LogP contribution in [0.15, 0.2) is 24.4 Å². The number of ether oxygens (including phenoxy) is 1. The monoisotopic (exact) mass is 277 g/mol. The highest BCUT2D eigenvalue weighted by atomic mass is 32.1. The minimum atomic E-state index is -0.539. The van der Waals surface area contributed by atoms with E-state index in [4.69, 9.17) is 0 Å². The predicted molar refractivity (Wildman–Crippen MR) is 74.5 cm³/mol. The largest absolute Gasteiger partial charge is 0.463 e. The molecule has 1 N–H and O–H groups in total. The molecule has 0 aromatic carbocycles. The van der Waals surface area contributed by atoms with Crippen molar-refractivity contribution in [3.63, 3.8) is 0 Å². The van der Waals surface area contributed by atoms with E-state index in [0.29, 0.717) is 5.82 Å². The molecular formula is C13H15N3O2S. The molecule has 2 aromatic heterocycles. The summed E-state index contributed by atoms with van der Waals surface area (Å²) >= 11 is 1.73. The number of aromatic nitrogens is 2. The maximum atomic E-state index is 11.4. The van der Waals surface area contributed by atoms with Gasteiger partial charge in [-0.15, -0.1) is 11.3 Å². The highest BCUT2D eigenvalue weighted by Gasteiger charge is 2.12. The summed E-state index contributed by atoms with van der Waals surface area (Å²) in [6.45, 7) is 4.12. The molecule has 100 valence electrons. The summed E-state index contributed by atoms with van der Waals surface area (Å²) in [5.41, 5.74) is 0. The third kappa shape index (κ3) is 3.29. The highest BCUT2D eigenvalue weighted by Crippen LogP contribution is 2.24. The standard InChI is InChI=1S/C13H15N3O2S/c1-8-4-5-10(19-8)9(2)15-11-6-7-14-12(16-11)13(17)18-3/h4-7,9H,1-3H3,(H,14,15,16). The first-order chi connectivity index (χ1) is 9.10. The number of carbonyl (C=O) groups is 1. The van der Waals surface area contributed by atoms with Crippen LogP contribution in [0.1, 0.15) is 33.3 Å². The molecule has 0 aliphatic rings. The summed E-state index contributed by atoms with van der Waals surface area (Å²) in [4.78, 5) is 21.8. The fourth-order valence-corrected chi connectivity index (χ4v) is 2.49. The summed E-state index contributed by atoms with van der Waals surface area (Å²) in [6.07, 6.45) is 1.54. The lowest BCUT2D eigenvalue weighted by molar-refractivity contribution is 0.0587. The van der Waals surface area contributed by atoms with Gasteiger partial charge >= 0.3 is 5.97 Å². The minimum Gasteiger partial charge on any atom is -0.463 e. The number of aryl methyl sites for hydroxylation is 1. The highest BCUT2D eigenvalue weighted by molar-refractivity contribution is 7.12. The second-order valence-corrected chi connectivity index (χ2v) is 5.39. The maximum absolute atomic E-state index is 11.4. The van der Waals surface area contributed by atoms with Crippen molar-refractivity contribution in [1.29, 1.82) is 0 Å². The molecule has 2 aromatic rings. The number of esters is 1. The first kappa shape index (κ1) is 13.5. The van der Waals surface area contributed by atoms with Gasteiger partial charge in [0.15, 0.2) is 0 Å². The Balaban J connectivity index is 2.12. The van der Waals surface area contributed by atoms with Crippen LogP contribution in [0, 0.1) is 6.92 Å². The van der Waals surface area contributed by atoms with Crippen molar-refractivity contribution in [2.75, 3.05) is 12.4 Å². The van der Waals surface area contributed by atoms with E-state index in [0.717, 1.165) is 0 Å². The van der Waals surface area contributed by atoms with E-state index in [2.05, 4.69) is 39.1 Å². The number of hydrogen-bond donors (Lipinski definition) is 1. The van der Waals surface area contributed by atoms with E-state index in [1.165, 1.54) is 23.1 Å². The molecule has 0 saturated heterocycles. The van der Waals surface area contributed by atoms with Crippen LogP contribution in [0.5, 0.6) is 0 Å². The SMILES string of the molecule is COC(=O)c1nccc(NC(C)c2ccc(C)s2)n1. The zero-order chi connectivity index (χ0) is 13.8. The van der Waals surface area contributed by atoms with Crippen LogP contribution < -0.4 is 5.32 Å². The second kappa shape index (κ2) is 5.79. The molecule has 0 saturated carbocycles. The second-order valence-electron chi connectivity index (χ2n) is 4.07. The van der Waals surface area contributed by atoms with E-state index in [1.807, 2.05) is 6.92 Å². The summed E-state index contributed by atoms with van der Waals surface area (Å²) in [7, 11) is 1.31. The molecular weight excluding hydrogens is 262 g/mol. The number of hydrogen-bond acceptors (Lipinski definition) is 6. The average Bonchev–Trinajstić information content (AvgIpc) is 2.85. The summed E-state index contributed by atoms with van der Waals surface area (Å²) in [5.74, 6) is 0.124. The third-order valence-electron chi connectivity index (χ3n) is 2.58. The Hall–Kier alpha value is -1.95. The maximum Gasteiger partial charge on any atom is 0.376 e. The van der Waals surface area contributed by atoms with Crippen molar-refractivity contribution < 1.29 is 9.53 Å². The van der Waals surface area contributed by atoms with E-state index in [1.54, 1.807) is 17.4 Å². The van der Waals surface area contributed by atoms with Gasteiger partial charge in [-0.25, -0.2) is 14.8 Å². The molecule has 0 spiro atoms. The Morgan fingerprint density at radius 1 is 1.42 bits per heavy atom. The van der Waals surface area contributed by atoms with Gasteiger partial charge in [0, 0.05) is 16.0 Å². The van der Waals surface area contributed by atoms with E-state index >= 15 is 0 Å². The first-order valence-corrected chi connectivity index (χ1v) is 6.66. The van der Waals surface area contributed by atoms with Gasteiger partial charge in [-0.05, 0) is 32.0 Å². The zero-order valence-electron chi connectivity index (χ0n) is 11.0. The molecule has 2 rings (SSSR count). The third-order valence-corrected chi connectivity index (χ3v) is 3.76. The average molecular weight is 277 g/mol. The molecule has 6 heteroatoms. The number of thiophene rings is 1. The Morgan fingerprint density at radius 3 is 2.84 bits per heavy atom. The topological polar surface area (TPSA) is 64.1 Å². The lowest BCUT2D eigenvalue weighted by Crippen LogP contribution is -2.11. The summed E-state index contributed by atoms with van der Waals surface area (Å²) in [5, 5.41) is 3.24. The first-order valence-electron chi connectivity index (χ1n) is 5.84. The Bertz CT molecular complexity index is 583. The smallest absolute Gasteiger partial charge is 0.376 e. The Labute approximate surface area is 115 Å². The van der Waals surface area contributed by atoms with Crippen molar-refractivity contribution in [2.45, 2.75) is 19.9 Å².